The minimum atomic E-state index is -0.184. The van der Waals surface area contributed by atoms with Gasteiger partial charge in [0.25, 0.3) is 5.91 Å². The van der Waals surface area contributed by atoms with Crippen LogP contribution in [-0.4, -0.2) is 35.3 Å². The third kappa shape index (κ3) is 3.20. The van der Waals surface area contributed by atoms with Crippen molar-refractivity contribution in [1.82, 2.24) is 10.3 Å². The molecule has 18 heavy (non-hydrogen) atoms. The monoisotopic (exact) mass is 250 g/mol. The Morgan fingerprint density at radius 2 is 2.11 bits per heavy atom. The van der Waals surface area contributed by atoms with E-state index in [0.717, 1.165) is 25.7 Å². The van der Waals surface area contributed by atoms with Crippen molar-refractivity contribution in [3.63, 3.8) is 0 Å². The number of rotatable bonds is 3. The van der Waals surface area contributed by atoms with Crippen molar-refractivity contribution in [2.75, 3.05) is 7.11 Å². The van der Waals surface area contributed by atoms with Crippen LogP contribution in [0.2, 0.25) is 0 Å². The number of hydrogen-bond donors (Lipinski definition) is 2. The fourth-order valence-electron chi connectivity index (χ4n) is 2.22. The molecule has 1 aromatic rings. The van der Waals surface area contributed by atoms with Crippen molar-refractivity contribution in [3.05, 3.63) is 24.0 Å². The zero-order valence-electron chi connectivity index (χ0n) is 10.4. The zero-order valence-corrected chi connectivity index (χ0v) is 10.4. The topological polar surface area (TPSA) is 71.5 Å². The van der Waals surface area contributed by atoms with E-state index in [4.69, 9.17) is 9.84 Å². The largest absolute Gasteiger partial charge is 0.506 e. The summed E-state index contributed by atoms with van der Waals surface area (Å²) in [5.41, 5.74) is 0.335. The van der Waals surface area contributed by atoms with Gasteiger partial charge in [-0.25, -0.2) is 4.98 Å². The van der Waals surface area contributed by atoms with Crippen molar-refractivity contribution < 1.29 is 14.6 Å². The average Bonchev–Trinajstić information content (AvgIpc) is 2.40. The van der Waals surface area contributed by atoms with Crippen molar-refractivity contribution in [3.8, 4) is 5.75 Å². The summed E-state index contributed by atoms with van der Waals surface area (Å²) >= 11 is 0. The smallest absolute Gasteiger partial charge is 0.270 e. The van der Waals surface area contributed by atoms with Crippen LogP contribution >= 0.6 is 0 Å². The summed E-state index contributed by atoms with van der Waals surface area (Å²) in [5, 5.41) is 12.1. The number of nitrogens with zero attached hydrogens (tertiary/aromatic N) is 1. The summed E-state index contributed by atoms with van der Waals surface area (Å²) in [6.45, 7) is 0. The lowest BCUT2D eigenvalue weighted by atomic mass is 9.93. The molecule has 1 aromatic heterocycles. The molecule has 1 fully saturated rings. The van der Waals surface area contributed by atoms with Crippen LogP contribution < -0.4 is 5.32 Å². The number of carbonyl (C=O) groups excluding carboxylic acids is 1. The highest BCUT2D eigenvalue weighted by atomic mass is 16.5. The second-order valence-corrected chi connectivity index (χ2v) is 4.58. The highest BCUT2D eigenvalue weighted by molar-refractivity contribution is 5.92. The number of ether oxygens (including phenoxy) is 1. The maximum Gasteiger partial charge on any atom is 0.270 e. The molecular weight excluding hydrogens is 232 g/mol. The van der Waals surface area contributed by atoms with Gasteiger partial charge in [-0.15, -0.1) is 0 Å². The average molecular weight is 250 g/mol. The number of carbonyl (C=O) groups is 1. The Kier molecular flexibility index (Phi) is 4.15. The summed E-state index contributed by atoms with van der Waals surface area (Å²) in [6, 6.07) is 3.18. The Bertz CT molecular complexity index is 397. The zero-order chi connectivity index (χ0) is 13.0. The Balaban J connectivity index is 1.86. The van der Waals surface area contributed by atoms with E-state index in [1.165, 1.54) is 18.3 Å². The predicted octanol–water partition coefficient (Wildman–Crippen LogP) is 1.47. The molecule has 1 heterocycles. The first kappa shape index (κ1) is 12.8. The molecule has 0 aliphatic heterocycles. The Morgan fingerprint density at radius 1 is 1.39 bits per heavy atom. The van der Waals surface area contributed by atoms with Gasteiger partial charge in [0.05, 0.1) is 12.3 Å². The van der Waals surface area contributed by atoms with E-state index in [0.29, 0.717) is 11.8 Å². The van der Waals surface area contributed by atoms with Crippen LogP contribution in [0.25, 0.3) is 0 Å². The lowest BCUT2D eigenvalue weighted by Crippen LogP contribution is -2.39. The van der Waals surface area contributed by atoms with Crippen LogP contribution in [0.4, 0.5) is 0 Å². The maximum absolute atomic E-state index is 11.9. The van der Waals surface area contributed by atoms with Gasteiger partial charge in [0.2, 0.25) is 0 Å². The van der Waals surface area contributed by atoms with E-state index in [9.17, 15) is 4.79 Å². The summed E-state index contributed by atoms with van der Waals surface area (Å²) < 4.78 is 5.29. The van der Waals surface area contributed by atoms with Gasteiger partial charge in [0.1, 0.15) is 11.4 Å². The van der Waals surface area contributed by atoms with Gasteiger partial charge in [-0.1, -0.05) is 0 Å². The van der Waals surface area contributed by atoms with Gasteiger partial charge >= 0.3 is 0 Å². The molecule has 0 unspecified atom stereocenters. The van der Waals surface area contributed by atoms with Crippen LogP contribution in [0.15, 0.2) is 18.3 Å². The van der Waals surface area contributed by atoms with Crippen LogP contribution in [0.3, 0.4) is 0 Å². The van der Waals surface area contributed by atoms with Gasteiger partial charge in [-0.2, -0.15) is 0 Å². The van der Waals surface area contributed by atoms with Crippen molar-refractivity contribution in [2.45, 2.75) is 37.8 Å². The molecule has 0 atom stereocenters. The molecule has 1 saturated carbocycles. The van der Waals surface area contributed by atoms with Crippen molar-refractivity contribution in [1.29, 1.82) is 0 Å². The Hall–Kier alpha value is -1.62. The number of aromatic hydroxyl groups is 1. The number of pyridine rings is 1. The Labute approximate surface area is 106 Å². The summed E-state index contributed by atoms with van der Waals surface area (Å²) in [7, 11) is 1.73. The second-order valence-electron chi connectivity index (χ2n) is 4.58. The third-order valence-electron chi connectivity index (χ3n) is 3.32. The highest BCUT2D eigenvalue weighted by Crippen LogP contribution is 2.20. The molecule has 1 aliphatic rings. The fourth-order valence-corrected chi connectivity index (χ4v) is 2.22. The molecule has 5 nitrogen and oxygen atoms in total. The molecule has 1 aliphatic carbocycles. The number of aromatic nitrogens is 1. The van der Waals surface area contributed by atoms with E-state index < -0.39 is 0 Å². The predicted molar refractivity (Wildman–Crippen MR) is 66.4 cm³/mol. The third-order valence-corrected chi connectivity index (χ3v) is 3.32. The molecule has 0 aromatic carbocycles. The van der Waals surface area contributed by atoms with Crippen LogP contribution in [0, 0.1) is 0 Å². The summed E-state index contributed by atoms with van der Waals surface area (Å²) in [4.78, 5) is 15.8. The van der Waals surface area contributed by atoms with Gasteiger partial charge in [-0.05, 0) is 37.8 Å². The molecule has 0 bridgehead atoms. The molecule has 5 heteroatoms. The molecular formula is C13H18N2O3. The van der Waals surface area contributed by atoms with Crippen LogP contribution in [-0.2, 0) is 4.74 Å². The maximum atomic E-state index is 11.9. The highest BCUT2D eigenvalue weighted by Gasteiger charge is 2.22. The van der Waals surface area contributed by atoms with Crippen molar-refractivity contribution in [2.24, 2.45) is 0 Å². The van der Waals surface area contributed by atoms with Gasteiger partial charge in [0, 0.05) is 13.2 Å². The van der Waals surface area contributed by atoms with Gasteiger partial charge < -0.3 is 15.2 Å². The SMILES string of the molecule is COC1CCC(NC(=O)c2ccc(O)cn2)CC1. The van der Waals surface area contributed by atoms with E-state index in [1.807, 2.05) is 0 Å². The molecule has 98 valence electrons. The number of hydrogen-bond acceptors (Lipinski definition) is 4. The quantitative estimate of drug-likeness (QED) is 0.852. The normalized spacial score (nSPS) is 23.6. The standard InChI is InChI=1S/C13H18N2O3/c1-18-11-5-2-9(3-6-11)15-13(17)12-7-4-10(16)8-14-12/h4,7-9,11,16H,2-3,5-6H2,1H3,(H,15,17). The van der Waals surface area contributed by atoms with E-state index in [2.05, 4.69) is 10.3 Å². The van der Waals surface area contributed by atoms with E-state index in [1.54, 1.807) is 7.11 Å². The number of amides is 1. The minimum Gasteiger partial charge on any atom is -0.506 e. The van der Waals surface area contributed by atoms with E-state index in [-0.39, 0.29) is 17.7 Å². The first-order chi connectivity index (χ1) is 8.69. The van der Waals surface area contributed by atoms with Crippen molar-refractivity contribution >= 4 is 5.91 Å². The molecule has 2 rings (SSSR count). The lowest BCUT2D eigenvalue weighted by Gasteiger charge is -2.28. The van der Waals surface area contributed by atoms with Crippen LogP contribution in [0.1, 0.15) is 36.2 Å². The molecule has 2 N–H and O–H groups in total. The Morgan fingerprint density at radius 3 is 2.67 bits per heavy atom. The van der Waals surface area contributed by atoms with Gasteiger partial charge in [0.15, 0.2) is 0 Å². The first-order valence-corrected chi connectivity index (χ1v) is 6.17. The number of methoxy groups -OCH3 is 1. The molecule has 1 amide bonds. The molecule has 0 saturated heterocycles. The molecule has 0 spiro atoms. The fraction of sp³-hybridized carbons (Fsp3) is 0.538. The first-order valence-electron chi connectivity index (χ1n) is 6.17. The summed E-state index contributed by atoms with van der Waals surface area (Å²) in [5.74, 6) is -0.122. The van der Waals surface area contributed by atoms with E-state index >= 15 is 0 Å². The summed E-state index contributed by atoms with van der Waals surface area (Å²) in [6.07, 6.45) is 5.42. The lowest BCUT2D eigenvalue weighted by molar-refractivity contribution is 0.0598. The van der Waals surface area contributed by atoms with Gasteiger partial charge in [-0.3, -0.25) is 4.79 Å². The number of nitrogens with one attached hydrogen (secondary N) is 1. The second kappa shape index (κ2) is 5.82. The minimum absolute atomic E-state index is 0.0622. The molecule has 0 radical (unpaired) electrons. The van der Waals surface area contributed by atoms with Crippen LogP contribution in [0.5, 0.6) is 5.75 Å².